The molecule has 0 aliphatic heterocycles. The maximum absolute atomic E-state index is 8.49. The monoisotopic (exact) mass is 175 g/mol. The summed E-state index contributed by atoms with van der Waals surface area (Å²) in [6.45, 7) is 2.09. The first kappa shape index (κ1) is 8.30. The lowest BCUT2D eigenvalue weighted by Gasteiger charge is -2.04. The average molecular weight is 175 g/mol. The molecule has 1 aliphatic carbocycles. The first-order chi connectivity index (χ1) is 6.31. The van der Waals surface area contributed by atoms with E-state index in [1.807, 2.05) is 0 Å². The second kappa shape index (κ2) is 3.21. The van der Waals surface area contributed by atoms with E-state index in [2.05, 4.69) is 30.3 Å². The van der Waals surface area contributed by atoms with Crippen LogP contribution in [0, 0.1) is 6.92 Å². The van der Waals surface area contributed by atoms with Crippen molar-refractivity contribution >= 4 is 6.21 Å². The van der Waals surface area contributed by atoms with Crippen LogP contribution in [0.3, 0.4) is 0 Å². The van der Waals surface area contributed by atoms with Gasteiger partial charge in [-0.3, -0.25) is 0 Å². The zero-order chi connectivity index (χ0) is 9.26. The van der Waals surface area contributed by atoms with Gasteiger partial charge < -0.3 is 5.21 Å². The molecule has 0 amide bonds. The van der Waals surface area contributed by atoms with E-state index in [4.69, 9.17) is 5.21 Å². The average Bonchev–Trinajstić information content (AvgIpc) is 2.49. The van der Waals surface area contributed by atoms with Crippen LogP contribution >= 0.6 is 0 Å². The molecule has 1 aliphatic rings. The van der Waals surface area contributed by atoms with Gasteiger partial charge in [0, 0.05) is 5.92 Å². The number of hydrogen-bond acceptors (Lipinski definition) is 2. The fraction of sp³-hybridized carbons (Fsp3) is 0.364. The molecular weight excluding hydrogens is 162 g/mol. The maximum Gasteiger partial charge on any atom is 0.0510 e. The highest BCUT2D eigenvalue weighted by Gasteiger charge is 2.20. The molecule has 13 heavy (non-hydrogen) atoms. The maximum atomic E-state index is 8.49. The van der Waals surface area contributed by atoms with Crippen molar-refractivity contribution in [1.82, 2.24) is 0 Å². The third-order valence-corrected chi connectivity index (χ3v) is 2.67. The molecule has 68 valence electrons. The number of hydrogen-bond donors (Lipinski definition) is 1. The summed E-state index contributed by atoms with van der Waals surface area (Å²) in [5, 5.41) is 11.6. The van der Waals surface area contributed by atoms with E-state index in [9.17, 15) is 0 Å². The molecule has 0 fully saturated rings. The molecule has 0 heterocycles. The molecule has 1 aromatic carbocycles. The Morgan fingerprint density at radius 1 is 1.54 bits per heavy atom. The molecule has 0 bridgehead atoms. The van der Waals surface area contributed by atoms with E-state index < -0.39 is 0 Å². The van der Waals surface area contributed by atoms with Gasteiger partial charge in [0.05, 0.1) is 6.21 Å². The lowest BCUT2D eigenvalue weighted by atomic mass is 10.0. The summed E-state index contributed by atoms with van der Waals surface area (Å²) in [6.07, 6.45) is 3.81. The number of rotatable bonds is 1. The van der Waals surface area contributed by atoms with E-state index in [-0.39, 0.29) is 0 Å². The van der Waals surface area contributed by atoms with Crippen LogP contribution < -0.4 is 0 Å². The summed E-state index contributed by atoms with van der Waals surface area (Å²) in [5.74, 6) is 0.319. The fourth-order valence-corrected chi connectivity index (χ4v) is 1.99. The van der Waals surface area contributed by atoms with E-state index in [1.165, 1.54) is 16.7 Å². The first-order valence-electron chi connectivity index (χ1n) is 4.58. The highest BCUT2D eigenvalue weighted by Crippen LogP contribution is 2.32. The second-order valence-corrected chi connectivity index (χ2v) is 3.61. The van der Waals surface area contributed by atoms with Gasteiger partial charge in [0.1, 0.15) is 0 Å². The van der Waals surface area contributed by atoms with Gasteiger partial charge in [-0.2, -0.15) is 0 Å². The van der Waals surface area contributed by atoms with Crippen molar-refractivity contribution in [2.45, 2.75) is 25.7 Å². The second-order valence-electron chi connectivity index (χ2n) is 3.61. The minimum atomic E-state index is 0.319. The van der Waals surface area contributed by atoms with Crippen molar-refractivity contribution in [2.24, 2.45) is 5.16 Å². The third-order valence-electron chi connectivity index (χ3n) is 2.67. The number of benzene rings is 1. The number of fused-ring (bicyclic) bond motifs is 1. The zero-order valence-electron chi connectivity index (χ0n) is 7.70. The van der Waals surface area contributed by atoms with Crippen molar-refractivity contribution in [3.8, 4) is 0 Å². The summed E-state index contributed by atoms with van der Waals surface area (Å²) in [7, 11) is 0. The molecule has 1 atom stereocenters. The van der Waals surface area contributed by atoms with Crippen molar-refractivity contribution < 1.29 is 5.21 Å². The van der Waals surface area contributed by atoms with Gasteiger partial charge in [0.25, 0.3) is 0 Å². The Hall–Kier alpha value is -1.31. The van der Waals surface area contributed by atoms with Crippen LogP contribution in [-0.2, 0) is 6.42 Å². The summed E-state index contributed by atoms with van der Waals surface area (Å²) >= 11 is 0. The van der Waals surface area contributed by atoms with Crippen LogP contribution in [0.25, 0.3) is 0 Å². The van der Waals surface area contributed by atoms with Gasteiger partial charge in [-0.15, -0.1) is 5.16 Å². The van der Waals surface area contributed by atoms with Gasteiger partial charge >= 0.3 is 0 Å². The van der Waals surface area contributed by atoms with Gasteiger partial charge in [-0.25, -0.2) is 0 Å². The van der Waals surface area contributed by atoms with Crippen molar-refractivity contribution in [3.63, 3.8) is 0 Å². The van der Waals surface area contributed by atoms with Gasteiger partial charge in [0.15, 0.2) is 0 Å². The Bertz CT molecular complexity index is 344. The van der Waals surface area contributed by atoms with E-state index in [0.717, 1.165) is 12.8 Å². The standard InChI is InChI=1S/C11H13NO/c1-8-2-3-9-4-5-10(7-12-13)11(9)6-8/h2-3,6-7,10,13H,4-5H2,1H3/b12-7+. The van der Waals surface area contributed by atoms with Gasteiger partial charge in [-0.1, -0.05) is 23.8 Å². The zero-order valence-corrected chi connectivity index (χ0v) is 7.70. The lowest BCUT2D eigenvalue weighted by molar-refractivity contribution is 0.319. The molecule has 1 N–H and O–H groups in total. The molecule has 2 rings (SSSR count). The smallest absolute Gasteiger partial charge is 0.0510 e. The highest BCUT2D eigenvalue weighted by molar-refractivity contribution is 5.69. The summed E-state index contributed by atoms with van der Waals surface area (Å²) in [6, 6.07) is 6.50. The molecule has 0 saturated carbocycles. The van der Waals surface area contributed by atoms with Crippen LogP contribution in [0.5, 0.6) is 0 Å². The van der Waals surface area contributed by atoms with E-state index >= 15 is 0 Å². The lowest BCUT2D eigenvalue weighted by Crippen LogP contribution is -1.94. The Morgan fingerprint density at radius 2 is 2.38 bits per heavy atom. The minimum Gasteiger partial charge on any atom is -0.411 e. The summed E-state index contributed by atoms with van der Waals surface area (Å²) < 4.78 is 0. The first-order valence-corrected chi connectivity index (χ1v) is 4.58. The van der Waals surface area contributed by atoms with Gasteiger partial charge in [0.2, 0.25) is 0 Å². The van der Waals surface area contributed by atoms with Crippen LogP contribution in [0.15, 0.2) is 23.4 Å². The molecule has 0 saturated heterocycles. The van der Waals surface area contributed by atoms with Gasteiger partial charge in [-0.05, 0) is 30.9 Å². The Morgan fingerprint density at radius 3 is 3.15 bits per heavy atom. The van der Waals surface area contributed by atoms with Crippen LogP contribution in [-0.4, -0.2) is 11.4 Å². The summed E-state index contributed by atoms with van der Waals surface area (Å²) in [4.78, 5) is 0. The Labute approximate surface area is 77.9 Å². The molecule has 0 radical (unpaired) electrons. The Kier molecular flexibility index (Phi) is 2.05. The molecule has 2 nitrogen and oxygen atoms in total. The van der Waals surface area contributed by atoms with E-state index in [1.54, 1.807) is 6.21 Å². The number of oxime groups is 1. The fourth-order valence-electron chi connectivity index (χ4n) is 1.99. The third kappa shape index (κ3) is 1.44. The molecule has 0 spiro atoms. The number of nitrogens with zero attached hydrogens (tertiary/aromatic N) is 1. The molecule has 1 unspecified atom stereocenters. The van der Waals surface area contributed by atoms with Crippen LogP contribution in [0.1, 0.15) is 29.0 Å². The van der Waals surface area contributed by atoms with Crippen LogP contribution in [0.2, 0.25) is 0 Å². The quantitative estimate of drug-likeness (QED) is 0.397. The summed E-state index contributed by atoms with van der Waals surface area (Å²) in [5.41, 5.74) is 4.00. The van der Waals surface area contributed by atoms with Crippen LogP contribution in [0.4, 0.5) is 0 Å². The number of aryl methyl sites for hydroxylation is 2. The molecule has 0 aromatic heterocycles. The molecular formula is C11H13NO. The Balaban J connectivity index is 2.40. The van der Waals surface area contributed by atoms with E-state index in [0.29, 0.717) is 5.92 Å². The molecule has 2 heteroatoms. The minimum absolute atomic E-state index is 0.319. The van der Waals surface area contributed by atoms with Crippen molar-refractivity contribution in [3.05, 3.63) is 34.9 Å². The largest absolute Gasteiger partial charge is 0.411 e. The normalized spacial score (nSPS) is 20.8. The van der Waals surface area contributed by atoms with Crippen molar-refractivity contribution in [2.75, 3.05) is 0 Å². The predicted molar refractivity (Wildman–Crippen MR) is 52.5 cm³/mol. The SMILES string of the molecule is Cc1ccc2c(c1)C(/C=N/O)CC2. The topological polar surface area (TPSA) is 32.6 Å². The van der Waals surface area contributed by atoms with Crippen molar-refractivity contribution in [1.29, 1.82) is 0 Å². The predicted octanol–water partition coefficient (Wildman–Crippen LogP) is 2.48. The molecule has 1 aromatic rings. The highest BCUT2D eigenvalue weighted by atomic mass is 16.4.